The number of ether oxygens (including phenoxy) is 1. The van der Waals surface area contributed by atoms with E-state index in [4.69, 9.17) is 4.74 Å². The molecule has 1 saturated carbocycles. The fourth-order valence-corrected chi connectivity index (χ4v) is 3.13. The van der Waals surface area contributed by atoms with Crippen LogP contribution in [0.25, 0.3) is 0 Å². The molecule has 0 spiro atoms. The minimum atomic E-state index is 0.0803. The lowest BCUT2D eigenvalue weighted by Gasteiger charge is -2.22. The van der Waals surface area contributed by atoms with Crippen molar-refractivity contribution in [1.82, 2.24) is 10.2 Å². The van der Waals surface area contributed by atoms with Crippen molar-refractivity contribution in [2.24, 2.45) is 5.92 Å². The first-order chi connectivity index (χ1) is 12.2. The number of rotatable bonds is 8. The van der Waals surface area contributed by atoms with Crippen molar-refractivity contribution in [3.63, 3.8) is 0 Å². The molecule has 25 heavy (non-hydrogen) atoms. The van der Waals surface area contributed by atoms with E-state index in [1.54, 1.807) is 7.11 Å². The first kappa shape index (κ1) is 17.5. The standard InChI is InChI=1S/C21H26N2O2/c1-23(14-16-8-12-19(25-2)13-9-16)15-20(24)22-21(18-10-11-18)17-6-4-3-5-7-17/h3-9,12-13,18,21H,10-11,14-15H2,1-2H3,(H,22,24). The Labute approximate surface area is 149 Å². The van der Waals surface area contributed by atoms with Gasteiger partial charge in [-0.3, -0.25) is 9.69 Å². The first-order valence-electron chi connectivity index (χ1n) is 8.81. The number of likely N-dealkylation sites (N-methyl/N-ethyl adjacent to an activating group) is 1. The Bertz CT molecular complexity index is 681. The average Bonchev–Trinajstić information content (AvgIpc) is 3.46. The molecule has 2 aromatic carbocycles. The zero-order valence-corrected chi connectivity index (χ0v) is 14.9. The van der Waals surface area contributed by atoms with Crippen LogP contribution in [-0.4, -0.2) is 31.5 Å². The quantitative estimate of drug-likeness (QED) is 0.802. The molecule has 1 amide bonds. The summed E-state index contributed by atoms with van der Waals surface area (Å²) in [5, 5.41) is 3.23. The van der Waals surface area contributed by atoms with Gasteiger partial charge in [-0.15, -0.1) is 0 Å². The minimum Gasteiger partial charge on any atom is -0.497 e. The molecule has 1 aliphatic rings. The predicted octanol–water partition coefficient (Wildman–Crippen LogP) is 3.39. The second-order valence-corrected chi connectivity index (χ2v) is 6.81. The van der Waals surface area contributed by atoms with E-state index in [2.05, 4.69) is 17.4 Å². The van der Waals surface area contributed by atoms with Gasteiger partial charge in [0.05, 0.1) is 19.7 Å². The third kappa shape index (κ3) is 5.07. The summed E-state index contributed by atoms with van der Waals surface area (Å²) >= 11 is 0. The van der Waals surface area contributed by atoms with E-state index >= 15 is 0 Å². The summed E-state index contributed by atoms with van der Waals surface area (Å²) in [5.74, 6) is 1.51. The molecular formula is C21H26N2O2. The summed E-state index contributed by atoms with van der Waals surface area (Å²) in [6, 6.07) is 18.4. The van der Waals surface area contributed by atoms with E-state index < -0.39 is 0 Å². The molecule has 1 fully saturated rings. The number of benzene rings is 2. The van der Waals surface area contributed by atoms with Crippen molar-refractivity contribution in [1.29, 1.82) is 0 Å². The summed E-state index contributed by atoms with van der Waals surface area (Å²) < 4.78 is 5.18. The van der Waals surface area contributed by atoms with Crippen LogP contribution in [0.4, 0.5) is 0 Å². The summed E-state index contributed by atoms with van der Waals surface area (Å²) in [5.41, 5.74) is 2.37. The molecule has 1 unspecified atom stereocenters. The summed E-state index contributed by atoms with van der Waals surface area (Å²) in [6.45, 7) is 1.12. The molecule has 0 heterocycles. The van der Waals surface area contributed by atoms with Gasteiger partial charge in [0.15, 0.2) is 0 Å². The van der Waals surface area contributed by atoms with Gasteiger partial charge < -0.3 is 10.1 Å². The van der Waals surface area contributed by atoms with Gasteiger partial charge in [-0.1, -0.05) is 42.5 Å². The number of hydrogen-bond acceptors (Lipinski definition) is 3. The second kappa shape index (κ2) is 8.17. The van der Waals surface area contributed by atoms with E-state index in [0.29, 0.717) is 12.5 Å². The third-order valence-electron chi connectivity index (χ3n) is 4.59. The molecule has 0 saturated heterocycles. The number of amides is 1. The average molecular weight is 338 g/mol. The molecule has 3 rings (SSSR count). The zero-order chi connectivity index (χ0) is 17.6. The van der Waals surface area contributed by atoms with Crippen LogP contribution in [0.1, 0.15) is 30.0 Å². The Morgan fingerprint density at radius 3 is 2.44 bits per heavy atom. The SMILES string of the molecule is COc1ccc(CN(C)CC(=O)NC(c2ccccc2)C2CC2)cc1. The van der Waals surface area contributed by atoms with E-state index in [-0.39, 0.29) is 11.9 Å². The van der Waals surface area contributed by atoms with E-state index in [0.717, 1.165) is 17.9 Å². The van der Waals surface area contributed by atoms with Gasteiger partial charge in [0.25, 0.3) is 0 Å². The molecule has 4 nitrogen and oxygen atoms in total. The van der Waals surface area contributed by atoms with Crippen LogP contribution < -0.4 is 10.1 Å². The molecule has 132 valence electrons. The monoisotopic (exact) mass is 338 g/mol. The largest absolute Gasteiger partial charge is 0.497 e. The number of carbonyl (C=O) groups is 1. The van der Waals surface area contributed by atoms with Gasteiger partial charge >= 0.3 is 0 Å². The maximum atomic E-state index is 12.5. The maximum absolute atomic E-state index is 12.5. The molecule has 1 aliphatic carbocycles. The van der Waals surface area contributed by atoms with Gasteiger partial charge in [0, 0.05) is 6.54 Å². The van der Waals surface area contributed by atoms with Crippen LogP contribution in [-0.2, 0) is 11.3 Å². The number of hydrogen-bond donors (Lipinski definition) is 1. The van der Waals surface area contributed by atoms with Crippen LogP contribution in [0.5, 0.6) is 5.75 Å². The van der Waals surface area contributed by atoms with Crippen molar-refractivity contribution >= 4 is 5.91 Å². The number of methoxy groups -OCH3 is 1. The molecular weight excluding hydrogens is 312 g/mol. The summed E-state index contributed by atoms with van der Waals surface area (Å²) in [6.07, 6.45) is 2.39. The van der Waals surface area contributed by atoms with Crippen LogP contribution in [0.2, 0.25) is 0 Å². The molecule has 2 aromatic rings. The van der Waals surface area contributed by atoms with E-state index in [1.165, 1.54) is 18.4 Å². The normalized spacial score (nSPS) is 15.0. The maximum Gasteiger partial charge on any atom is 0.234 e. The lowest BCUT2D eigenvalue weighted by atomic mass is 10.0. The van der Waals surface area contributed by atoms with Crippen molar-refractivity contribution in [3.05, 3.63) is 65.7 Å². The number of nitrogens with one attached hydrogen (secondary N) is 1. The smallest absolute Gasteiger partial charge is 0.234 e. The highest BCUT2D eigenvalue weighted by atomic mass is 16.5. The highest BCUT2D eigenvalue weighted by Gasteiger charge is 2.33. The molecule has 4 heteroatoms. The predicted molar refractivity (Wildman–Crippen MR) is 99.4 cm³/mol. The highest BCUT2D eigenvalue weighted by molar-refractivity contribution is 5.78. The Morgan fingerprint density at radius 1 is 1.16 bits per heavy atom. The fourth-order valence-electron chi connectivity index (χ4n) is 3.13. The number of carbonyl (C=O) groups excluding carboxylic acids is 1. The Morgan fingerprint density at radius 2 is 1.84 bits per heavy atom. The van der Waals surface area contributed by atoms with Crippen molar-refractivity contribution < 1.29 is 9.53 Å². The van der Waals surface area contributed by atoms with Crippen LogP contribution in [0.15, 0.2) is 54.6 Å². The topological polar surface area (TPSA) is 41.6 Å². The second-order valence-electron chi connectivity index (χ2n) is 6.81. The van der Waals surface area contributed by atoms with Crippen molar-refractivity contribution in [2.75, 3.05) is 20.7 Å². The van der Waals surface area contributed by atoms with Crippen LogP contribution >= 0.6 is 0 Å². The van der Waals surface area contributed by atoms with Gasteiger partial charge in [-0.2, -0.15) is 0 Å². The van der Waals surface area contributed by atoms with Gasteiger partial charge in [0.2, 0.25) is 5.91 Å². The first-order valence-corrected chi connectivity index (χ1v) is 8.81. The van der Waals surface area contributed by atoms with E-state index in [1.807, 2.05) is 54.4 Å². The van der Waals surface area contributed by atoms with Gasteiger partial charge in [-0.25, -0.2) is 0 Å². The molecule has 1 atom stereocenters. The van der Waals surface area contributed by atoms with Crippen LogP contribution in [0, 0.1) is 5.92 Å². The zero-order valence-electron chi connectivity index (χ0n) is 14.9. The molecule has 1 N–H and O–H groups in total. The Hall–Kier alpha value is -2.33. The molecule has 0 bridgehead atoms. The van der Waals surface area contributed by atoms with Crippen molar-refractivity contribution in [3.8, 4) is 5.75 Å². The Kier molecular flexibility index (Phi) is 5.71. The van der Waals surface area contributed by atoms with E-state index in [9.17, 15) is 4.79 Å². The molecule has 0 aliphatic heterocycles. The highest BCUT2D eigenvalue weighted by Crippen LogP contribution is 2.40. The van der Waals surface area contributed by atoms with Crippen LogP contribution in [0.3, 0.4) is 0 Å². The Balaban J connectivity index is 1.53. The van der Waals surface area contributed by atoms with Gasteiger partial charge in [0.1, 0.15) is 5.75 Å². The lowest BCUT2D eigenvalue weighted by molar-refractivity contribution is -0.123. The number of nitrogens with zero attached hydrogens (tertiary/aromatic N) is 1. The third-order valence-corrected chi connectivity index (χ3v) is 4.59. The molecule has 0 aromatic heterocycles. The minimum absolute atomic E-state index is 0.0803. The van der Waals surface area contributed by atoms with Gasteiger partial charge in [-0.05, 0) is 49.1 Å². The fraction of sp³-hybridized carbons (Fsp3) is 0.381. The molecule has 0 radical (unpaired) electrons. The summed E-state index contributed by atoms with van der Waals surface area (Å²) in [7, 11) is 3.63. The van der Waals surface area contributed by atoms with Crippen molar-refractivity contribution in [2.45, 2.75) is 25.4 Å². The summed E-state index contributed by atoms with van der Waals surface area (Å²) in [4.78, 5) is 14.5. The lowest BCUT2D eigenvalue weighted by Crippen LogP contribution is -2.37.